The van der Waals surface area contributed by atoms with Crippen LogP contribution in [0.25, 0.3) is 0 Å². The Kier molecular flexibility index (Phi) is 10.3. The van der Waals surface area contributed by atoms with Gasteiger partial charge in [-0.1, -0.05) is 13.5 Å². The van der Waals surface area contributed by atoms with Crippen molar-refractivity contribution in [3.63, 3.8) is 0 Å². The van der Waals surface area contributed by atoms with Gasteiger partial charge in [-0.2, -0.15) is 11.8 Å². The van der Waals surface area contributed by atoms with Gasteiger partial charge in [-0.3, -0.25) is 4.79 Å². The molecule has 0 bridgehead atoms. The molecule has 0 saturated heterocycles. The standard InChI is InChI=1S/C13H23NO4S/c1-10(2)12(15)17-6-7-18-13(16)11(3)4-8-19-9-5-14/h11H,1,4-9,14H2,2-3H3. The van der Waals surface area contributed by atoms with E-state index in [1.54, 1.807) is 18.7 Å². The van der Waals surface area contributed by atoms with Crippen LogP contribution in [0, 0.1) is 5.92 Å². The summed E-state index contributed by atoms with van der Waals surface area (Å²) in [5.41, 5.74) is 5.70. The van der Waals surface area contributed by atoms with Crippen LogP contribution in [0.5, 0.6) is 0 Å². The highest BCUT2D eigenvalue weighted by atomic mass is 32.2. The monoisotopic (exact) mass is 289 g/mol. The van der Waals surface area contributed by atoms with Crippen molar-refractivity contribution in [3.8, 4) is 0 Å². The number of hydrogen-bond donors (Lipinski definition) is 1. The summed E-state index contributed by atoms with van der Waals surface area (Å²) in [6, 6.07) is 0. The number of nitrogens with two attached hydrogens (primary N) is 1. The molecule has 0 rings (SSSR count). The van der Waals surface area contributed by atoms with Crippen LogP contribution in [0.15, 0.2) is 12.2 Å². The van der Waals surface area contributed by atoms with Gasteiger partial charge in [-0.05, 0) is 19.1 Å². The molecule has 19 heavy (non-hydrogen) atoms. The molecule has 0 aromatic carbocycles. The number of carbonyl (C=O) groups is 2. The van der Waals surface area contributed by atoms with Crippen molar-refractivity contribution in [2.24, 2.45) is 11.7 Å². The number of hydrogen-bond acceptors (Lipinski definition) is 6. The molecule has 0 aromatic rings. The van der Waals surface area contributed by atoms with E-state index in [1.807, 2.05) is 6.92 Å². The molecule has 0 amide bonds. The lowest BCUT2D eigenvalue weighted by Gasteiger charge is -2.11. The zero-order valence-electron chi connectivity index (χ0n) is 11.6. The van der Waals surface area contributed by atoms with Crippen LogP contribution < -0.4 is 5.73 Å². The number of carbonyl (C=O) groups excluding carboxylic acids is 2. The average Bonchev–Trinajstić information content (AvgIpc) is 2.38. The summed E-state index contributed by atoms with van der Waals surface area (Å²) in [5.74, 6) is 0.903. The summed E-state index contributed by atoms with van der Waals surface area (Å²) in [4.78, 5) is 22.6. The molecule has 110 valence electrons. The number of esters is 2. The Morgan fingerprint density at radius 2 is 1.89 bits per heavy atom. The second-order valence-corrected chi connectivity index (χ2v) is 5.40. The van der Waals surface area contributed by atoms with E-state index < -0.39 is 5.97 Å². The predicted octanol–water partition coefficient (Wildman–Crippen LogP) is 1.37. The maximum atomic E-state index is 11.6. The zero-order chi connectivity index (χ0) is 14.7. The third-order valence-corrected chi connectivity index (χ3v) is 3.32. The molecule has 1 unspecified atom stereocenters. The third kappa shape index (κ3) is 9.55. The lowest BCUT2D eigenvalue weighted by molar-refractivity contribution is -0.153. The Morgan fingerprint density at radius 3 is 2.47 bits per heavy atom. The summed E-state index contributed by atoms with van der Waals surface area (Å²) in [6.07, 6.45) is 0.759. The van der Waals surface area contributed by atoms with E-state index in [4.69, 9.17) is 15.2 Å². The van der Waals surface area contributed by atoms with E-state index >= 15 is 0 Å². The van der Waals surface area contributed by atoms with Crippen LogP contribution in [0.2, 0.25) is 0 Å². The van der Waals surface area contributed by atoms with Gasteiger partial charge < -0.3 is 15.2 Å². The largest absolute Gasteiger partial charge is 0.462 e. The van der Waals surface area contributed by atoms with Crippen molar-refractivity contribution < 1.29 is 19.1 Å². The highest BCUT2D eigenvalue weighted by Gasteiger charge is 2.14. The Balaban J connectivity index is 3.62. The molecule has 0 saturated carbocycles. The van der Waals surface area contributed by atoms with Crippen molar-refractivity contribution in [2.45, 2.75) is 20.3 Å². The highest BCUT2D eigenvalue weighted by Crippen LogP contribution is 2.10. The minimum Gasteiger partial charge on any atom is -0.462 e. The van der Waals surface area contributed by atoms with Crippen molar-refractivity contribution in [3.05, 3.63) is 12.2 Å². The Morgan fingerprint density at radius 1 is 1.26 bits per heavy atom. The molecule has 0 spiro atoms. The second kappa shape index (κ2) is 10.9. The van der Waals surface area contributed by atoms with Crippen LogP contribution in [0.4, 0.5) is 0 Å². The molecule has 2 N–H and O–H groups in total. The van der Waals surface area contributed by atoms with Crippen molar-refractivity contribution in [2.75, 3.05) is 31.3 Å². The minimum absolute atomic E-state index is 0.0616. The molecule has 0 aliphatic carbocycles. The first-order chi connectivity index (χ1) is 8.99. The van der Waals surface area contributed by atoms with Crippen LogP contribution in [-0.4, -0.2) is 43.2 Å². The molecule has 0 fully saturated rings. The SMILES string of the molecule is C=C(C)C(=O)OCCOC(=O)C(C)CCSCCN. The van der Waals surface area contributed by atoms with Gasteiger partial charge >= 0.3 is 11.9 Å². The van der Waals surface area contributed by atoms with Crippen LogP contribution in [-0.2, 0) is 19.1 Å². The molecule has 0 aliphatic rings. The minimum atomic E-state index is -0.470. The molecule has 1 atom stereocenters. The fourth-order valence-electron chi connectivity index (χ4n) is 1.11. The van der Waals surface area contributed by atoms with Gasteiger partial charge in [0.05, 0.1) is 5.92 Å². The fraction of sp³-hybridized carbons (Fsp3) is 0.692. The van der Waals surface area contributed by atoms with E-state index in [-0.39, 0.29) is 25.1 Å². The van der Waals surface area contributed by atoms with Crippen LogP contribution in [0.3, 0.4) is 0 Å². The van der Waals surface area contributed by atoms with Crippen LogP contribution >= 0.6 is 11.8 Å². The lowest BCUT2D eigenvalue weighted by Crippen LogP contribution is -2.19. The predicted molar refractivity (Wildman–Crippen MR) is 76.9 cm³/mol. The Hall–Kier alpha value is -1.01. The first kappa shape index (κ1) is 18.0. The molecule has 5 nitrogen and oxygen atoms in total. The van der Waals surface area contributed by atoms with E-state index in [2.05, 4.69) is 6.58 Å². The lowest BCUT2D eigenvalue weighted by atomic mass is 10.1. The summed E-state index contributed by atoms with van der Waals surface area (Å²) in [6.45, 7) is 7.64. The molecule has 0 aromatic heterocycles. The zero-order valence-corrected chi connectivity index (χ0v) is 12.5. The first-order valence-electron chi connectivity index (χ1n) is 6.26. The van der Waals surface area contributed by atoms with E-state index in [1.165, 1.54) is 0 Å². The molecule has 0 aliphatic heterocycles. The summed E-state index contributed by atoms with van der Waals surface area (Å²) < 4.78 is 9.82. The average molecular weight is 289 g/mol. The van der Waals surface area contributed by atoms with Crippen molar-refractivity contribution in [1.82, 2.24) is 0 Å². The summed E-state index contributed by atoms with van der Waals surface area (Å²) in [7, 11) is 0. The number of rotatable bonds is 10. The fourth-order valence-corrected chi connectivity index (χ4v) is 2.00. The first-order valence-corrected chi connectivity index (χ1v) is 7.41. The van der Waals surface area contributed by atoms with E-state index in [9.17, 15) is 9.59 Å². The molecular formula is C13H23NO4S. The van der Waals surface area contributed by atoms with E-state index in [0.717, 1.165) is 17.9 Å². The smallest absolute Gasteiger partial charge is 0.333 e. The van der Waals surface area contributed by atoms with Gasteiger partial charge in [0, 0.05) is 17.9 Å². The Bertz CT molecular complexity index is 307. The van der Waals surface area contributed by atoms with Gasteiger partial charge in [0.1, 0.15) is 13.2 Å². The highest BCUT2D eigenvalue weighted by molar-refractivity contribution is 7.99. The molecule has 0 heterocycles. The van der Waals surface area contributed by atoms with Crippen molar-refractivity contribution in [1.29, 1.82) is 0 Å². The van der Waals surface area contributed by atoms with E-state index in [0.29, 0.717) is 12.1 Å². The summed E-state index contributed by atoms with van der Waals surface area (Å²) in [5, 5.41) is 0. The normalized spacial score (nSPS) is 11.7. The van der Waals surface area contributed by atoms with Gasteiger partial charge in [-0.25, -0.2) is 4.79 Å². The Labute approximate surface area is 118 Å². The number of ether oxygens (including phenoxy) is 2. The topological polar surface area (TPSA) is 78.6 Å². The van der Waals surface area contributed by atoms with Gasteiger partial charge in [0.15, 0.2) is 0 Å². The summed E-state index contributed by atoms with van der Waals surface area (Å²) >= 11 is 1.72. The van der Waals surface area contributed by atoms with Crippen molar-refractivity contribution >= 4 is 23.7 Å². The molecular weight excluding hydrogens is 266 g/mol. The van der Waals surface area contributed by atoms with Crippen LogP contribution in [0.1, 0.15) is 20.3 Å². The van der Waals surface area contributed by atoms with Gasteiger partial charge in [0.25, 0.3) is 0 Å². The number of thioether (sulfide) groups is 1. The maximum absolute atomic E-state index is 11.6. The third-order valence-electron chi connectivity index (χ3n) is 2.27. The molecule has 0 radical (unpaired) electrons. The second-order valence-electron chi connectivity index (χ2n) is 4.17. The quantitative estimate of drug-likeness (QED) is 0.372. The maximum Gasteiger partial charge on any atom is 0.333 e. The molecule has 6 heteroatoms. The van der Waals surface area contributed by atoms with Gasteiger partial charge in [-0.15, -0.1) is 0 Å². The van der Waals surface area contributed by atoms with Gasteiger partial charge in [0.2, 0.25) is 0 Å².